The molecular formula is C37H52F3N5. The average molecular weight is 624 g/mol. The first-order valence-corrected chi connectivity index (χ1v) is 17.4. The van der Waals surface area contributed by atoms with Gasteiger partial charge in [-0.15, -0.1) is 0 Å². The molecular weight excluding hydrogens is 571 g/mol. The second-order valence-corrected chi connectivity index (χ2v) is 13.5. The Balaban J connectivity index is 1.57. The Morgan fingerprint density at radius 2 is 1.69 bits per heavy atom. The minimum absolute atomic E-state index is 0.188. The highest BCUT2D eigenvalue weighted by atomic mass is 19.3. The van der Waals surface area contributed by atoms with E-state index in [9.17, 15) is 0 Å². The highest BCUT2D eigenvalue weighted by Crippen LogP contribution is 2.45. The van der Waals surface area contributed by atoms with E-state index in [0.29, 0.717) is 37.7 Å². The van der Waals surface area contributed by atoms with E-state index < -0.39 is 29.3 Å². The van der Waals surface area contributed by atoms with E-state index in [1.165, 1.54) is 18.0 Å². The smallest absolute Gasteiger partial charge is 0.278 e. The number of fused-ring (bicyclic) bond motifs is 9. The summed E-state index contributed by atoms with van der Waals surface area (Å²) in [5.74, 6) is -3.20. The van der Waals surface area contributed by atoms with Crippen LogP contribution >= 0.6 is 0 Å². The van der Waals surface area contributed by atoms with Crippen LogP contribution in [-0.2, 0) is 5.92 Å². The van der Waals surface area contributed by atoms with Crippen LogP contribution in [0, 0.1) is 17.7 Å². The number of halogens is 3. The van der Waals surface area contributed by atoms with Gasteiger partial charge in [0.1, 0.15) is 23.8 Å². The zero-order chi connectivity index (χ0) is 32.1. The quantitative estimate of drug-likeness (QED) is 0.359. The third-order valence-electron chi connectivity index (χ3n) is 10.3. The molecule has 1 aromatic heterocycles. The molecule has 5 nitrogen and oxygen atoms in total. The molecule has 8 bridgehead atoms. The maximum absolute atomic E-state index is 16.1. The summed E-state index contributed by atoms with van der Waals surface area (Å²) in [5.41, 5.74) is 2.78. The molecule has 4 aliphatic heterocycles. The number of piperidine rings is 1. The van der Waals surface area contributed by atoms with Crippen molar-refractivity contribution in [1.29, 1.82) is 0 Å². The highest BCUT2D eigenvalue weighted by molar-refractivity contribution is 5.83. The molecule has 0 aliphatic carbocycles. The number of rotatable bonds is 5. The molecule has 0 radical (unpaired) electrons. The van der Waals surface area contributed by atoms with Crippen LogP contribution in [0.5, 0.6) is 0 Å². The third-order valence-corrected chi connectivity index (χ3v) is 10.3. The molecule has 5 heterocycles. The van der Waals surface area contributed by atoms with Gasteiger partial charge >= 0.3 is 0 Å². The summed E-state index contributed by atoms with van der Waals surface area (Å²) in [7, 11) is 0. The van der Waals surface area contributed by atoms with E-state index in [0.717, 1.165) is 81.4 Å². The number of aromatic nitrogens is 2. The molecule has 1 unspecified atom stereocenters. The fourth-order valence-corrected chi connectivity index (χ4v) is 7.73. The summed E-state index contributed by atoms with van der Waals surface area (Å²) in [6, 6.07) is 4.03. The van der Waals surface area contributed by atoms with Crippen molar-refractivity contribution in [3.05, 3.63) is 64.9 Å². The minimum Gasteiger partial charge on any atom is -0.363 e. The summed E-state index contributed by atoms with van der Waals surface area (Å²) in [5, 5.41) is 3.41. The Morgan fingerprint density at radius 1 is 0.978 bits per heavy atom. The Kier molecular flexibility index (Phi) is 10.9. The standard InChI is InChI=1S/C37H52F3N5/c1-6-13-28(14-7-2)31-23-32-35-41-24-42-36(32)45(27(31)5)25(3)15-10-8-9-11-20-44-21-18-29(19-22-44)37(39,40)33-17-12-16-30(34(33)38)26(4)43-35/h12,16-17,23-26,28-29H,5-11,13-15,18-22H2,1-4H3,(H,41,42,43)/t25?,26-/m1/s1. The van der Waals surface area contributed by atoms with E-state index >= 15 is 13.2 Å². The van der Waals surface area contributed by atoms with Crippen molar-refractivity contribution in [2.45, 2.75) is 116 Å². The summed E-state index contributed by atoms with van der Waals surface area (Å²) < 4.78 is 47.9. The van der Waals surface area contributed by atoms with Crippen LogP contribution in [0.25, 0.3) is 6.08 Å². The van der Waals surface area contributed by atoms with Gasteiger partial charge in [-0.1, -0.05) is 70.7 Å². The Morgan fingerprint density at radius 3 is 2.40 bits per heavy atom. The van der Waals surface area contributed by atoms with Gasteiger partial charge in [0.2, 0.25) is 0 Å². The van der Waals surface area contributed by atoms with Crippen molar-refractivity contribution in [3.8, 4) is 0 Å². The second-order valence-electron chi connectivity index (χ2n) is 13.5. The van der Waals surface area contributed by atoms with Crippen LogP contribution in [0.4, 0.5) is 24.8 Å². The van der Waals surface area contributed by atoms with Crippen molar-refractivity contribution in [2.75, 3.05) is 29.9 Å². The first-order chi connectivity index (χ1) is 21.7. The van der Waals surface area contributed by atoms with Gasteiger partial charge in [0.25, 0.3) is 5.92 Å². The first-order valence-electron chi connectivity index (χ1n) is 17.4. The van der Waals surface area contributed by atoms with Crippen molar-refractivity contribution in [2.24, 2.45) is 11.8 Å². The monoisotopic (exact) mass is 623 g/mol. The van der Waals surface area contributed by atoms with Gasteiger partial charge in [0.05, 0.1) is 17.2 Å². The number of benzene rings is 1. The lowest BCUT2D eigenvalue weighted by Crippen LogP contribution is -2.40. The molecule has 0 spiro atoms. The van der Waals surface area contributed by atoms with Crippen molar-refractivity contribution < 1.29 is 13.2 Å². The number of allylic oxidation sites excluding steroid dienone is 1. The zero-order valence-electron chi connectivity index (χ0n) is 27.7. The van der Waals surface area contributed by atoms with Crippen LogP contribution in [0.3, 0.4) is 0 Å². The van der Waals surface area contributed by atoms with Gasteiger partial charge in [-0.3, -0.25) is 0 Å². The summed E-state index contributed by atoms with van der Waals surface area (Å²) in [6.45, 7) is 15.3. The fourth-order valence-electron chi connectivity index (χ4n) is 7.73. The largest absolute Gasteiger partial charge is 0.363 e. The molecule has 8 heteroatoms. The SMILES string of the molecule is C=C1C(C(CCC)CCC)=Cc2c3ncnc2N1C(C)CCCCCCN1CCC(CC1)C(F)(F)c1cccc(c1F)[C@@H](C)N3. The normalized spacial score (nSPS) is 25.8. The Labute approximate surface area is 268 Å². The molecule has 0 amide bonds. The Bertz CT molecular complexity index is 1340. The van der Waals surface area contributed by atoms with Gasteiger partial charge in [0.15, 0.2) is 0 Å². The lowest BCUT2D eigenvalue weighted by atomic mass is 9.84. The van der Waals surface area contributed by atoms with Crippen LogP contribution in [0.1, 0.15) is 121 Å². The fraction of sp³-hybridized carbons (Fsp3) is 0.622. The average Bonchev–Trinajstić information content (AvgIpc) is 3.02. The van der Waals surface area contributed by atoms with Crippen LogP contribution < -0.4 is 10.2 Å². The van der Waals surface area contributed by atoms with Gasteiger partial charge in [-0.25, -0.2) is 23.1 Å². The van der Waals surface area contributed by atoms with Crippen molar-refractivity contribution in [3.63, 3.8) is 0 Å². The van der Waals surface area contributed by atoms with Gasteiger partial charge < -0.3 is 15.1 Å². The number of hydrogen-bond acceptors (Lipinski definition) is 5. The summed E-state index contributed by atoms with van der Waals surface area (Å²) in [6.07, 6.45) is 14.2. The summed E-state index contributed by atoms with van der Waals surface area (Å²) in [4.78, 5) is 14.0. The van der Waals surface area contributed by atoms with E-state index in [-0.39, 0.29) is 11.6 Å². The minimum atomic E-state index is -3.24. The van der Waals surface area contributed by atoms with E-state index in [1.54, 1.807) is 12.1 Å². The molecule has 4 aliphatic rings. The molecule has 45 heavy (non-hydrogen) atoms. The van der Waals surface area contributed by atoms with Crippen LogP contribution in [0.15, 0.2) is 42.4 Å². The van der Waals surface area contributed by atoms with Crippen LogP contribution in [-0.4, -0.2) is 40.5 Å². The molecule has 1 aromatic carbocycles. The number of nitrogens with one attached hydrogen (secondary N) is 1. The molecule has 6 rings (SSSR count). The van der Waals surface area contributed by atoms with Crippen LogP contribution in [0.2, 0.25) is 0 Å². The number of nitrogens with zero attached hydrogens (tertiary/aromatic N) is 4. The molecule has 1 saturated heterocycles. The van der Waals surface area contributed by atoms with Gasteiger partial charge in [0, 0.05) is 23.2 Å². The van der Waals surface area contributed by atoms with E-state index in [4.69, 9.17) is 4.98 Å². The highest BCUT2D eigenvalue weighted by Gasteiger charge is 2.45. The zero-order valence-corrected chi connectivity index (χ0v) is 27.7. The third kappa shape index (κ3) is 7.11. The molecule has 1 fully saturated rings. The maximum Gasteiger partial charge on any atom is 0.278 e. The molecule has 246 valence electrons. The molecule has 1 N–H and O–H groups in total. The van der Waals surface area contributed by atoms with Crippen molar-refractivity contribution >= 4 is 17.7 Å². The topological polar surface area (TPSA) is 44.3 Å². The number of anilines is 2. The Hall–Kier alpha value is -2.87. The van der Waals surface area contributed by atoms with E-state index in [1.807, 2.05) is 6.92 Å². The first kappa shape index (κ1) is 33.5. The lowest BCUT2D eigenvalue weighted by Gasteiger charge is -2.39. The van der Waals surface area contributed by atoms with Crippen molar-refractivity contribution in [1.82, 2.24) is 14.9 Å². The van der Waals surface area contributed by atoms with Gasteiger partial charge in [-0.2, -0.15) is 0 Å². The number of alkyl halides is 2. The predicted octanol–water partition coefficient (Wildman–Crippen LogP) is 9.88. The molecule has 0 saturated carbocycles. The molecule has 2 atom stereocenters. The van der Waals surface area contributed by atoms with E-state index in [2.05, 4.69) is 53.5 Å². The molecule has 2 aromatic rings. The lowest BCUT2D eigenvalue weighted by molar-refractivity contribution is -0.0880. The number of hydrogen-bond donors (Lipinski definition) is 1. The van der Waals surface area contributed by atoms with Gasteiger partial charge in [-0.05, 0) is 89.6 Å². The second kappa shape index (κ2) is 14.7. The maximum atomic E-state index is 16.1. The predicted molar refractivity (Wildman–Crippen MR) is 179 cm³/mol. The summed E-state index contributed by atoms with van der Waals surface area (Å²) >= 11 is 0.